The van der Waals surface area contributed by atoms with Crippen LogP contribution in [0.2, 0.25) is 0 Å². The first-order valence-electron chi connectivity index (χ1n) is 13.2. The molecule has 3 aromatic heterocycles. The fourth-order valence-electron chi connectivity index (χ4n) is 6.19. The zero-order chi connectivity index (χ0) is 26.0. The van der Waals surface area contributed by atoms with Crippen molar-refractivity contribution in [2.75, 3.05) is 0 Å². The van der Waals surface area contributed by atoms with E-state index >= 15 is 0 Å². The lowest BCUT2D eigenvalue weighted by Crippen LogP contribution is -2.03. The minimum atomic E-state index is 0.403. The first-order chi connectivity index (χ1) is 17.8. The van der Waals surface area contributed by atoms with E-state index in [1.165, 1.54) is 55.3 Å². The number of hydrogen-bond acceptors (Lipinski definition) is 2. The molecule has 0 aliphatic carbocycles. The molecule has 37 heavy (non-hydrogen) atoms. The van der Waals surface area contributed by atoms with E-state index in [-0.39, 0.29) is 0 Å². The van der Waals surface area contributed by atoms with E-state index < -0.39 is 0 Å². The largest absolute Gasteiger partial charge is 0.319 e. The number of aryl methyl sites for hydroxylation is 5. The number of aromatic nitrogens is 4. The van der Waals surface area contributed by atoms with Gasteiger partial charge in [0.25, 0.3) is 0 Å². The molecule has 4 nitrogen and oxygen atoms in total. The molecular formula is C33H34N4. The van der Waals surface area contributed by atoms with E-state index in [9.17, 15) is 0 Å². The van der Waals surface area contributed by atoms with Gasteiger partial charge in [0.1, 0.15) is 16.8 Å². The molecule has 186 valence electrons. The van der Waals surface area contributed by atoms with Crippen LogP contribution in [0.3, 0.4) is 0 Å². The first-order valence-corrected chi connectivity index (χ1v) is 13.2. The number of fused-ring (bicyclic) bond motifs is 6. The Morgan fingerprint density at radius 2 is 1.41 bits per heavy atom. The van der Waals surface area contributed by atoms with Gasteiger partial charge in [0.05, 0.1) is 18.2 Å². The lowest BCUT2D eigenvalue weighted by atomic mass is 9.86. The van der Waals surface area contributed by atoms with Gasteiger partial charge >= 0.3 is 0 Å². The molecule has 1 unspecified atom stereocenters. The molecule has 0 N–H and O–H groups in total. The smallest absolute Gasteiger partial charge is 0.147 e. The third-order valence-electron chi connectivity index (χ3n) is 8.21. The van der Waals surface area contributed by atoms with Crippen LogP contribution in [-0.2, 0) is 7.05 Å². The van der Waals surface area contributed by atoms with Gasteiger partial charge in [0.15, 0.2) is 0 Å². The predicted octanol–water partition coefficient (Wildman–Crippen LogP) is 8.46. The molecule has 6 rings (SSSR count). The summed E-state index contributed by atoms with van der Waals surface area (Å²) in [6, 6.07) is 17.7. The maximum absolute atomic E-state index is 5.16. The SMILES string of the molecule is CCC(C)c1ccc(-c2c(C)cccc2C)c2c3ncn(C)c3n3c(-c4c(C)cccc4C)cnc3c12. The number of nitrogens with zero attached hydrogens (tertiary/aromatic N) is 4. The Kier molecular flexibility index (Phi) is 5.45. The summed E-state index contributed by atoms with van der Waals surface area (Å²) < 4.78 is 4.49. The number of pyridine rings is 1. The predicted molar refractivity (Wildman–Crippen MR) is 155 cm³/mol. The molecule has 0 bridgehead atoms. The van der Waals surface area contributed by atoms with Crippen molar-refractivity contribution in [2.45, 2.75) is 53.9 Å². The fourth-order valence-corrected chi connectivity index (χ4v) is 6.19. The Labute approximate surface area is 218 Å². The monoisotopic (exact) mass is 486 g/mol. The Morgan fingerprint density at radius 3 is 2.03 bits per heavy atom. The maximum atomic E-state index is 5.16. The van der Waals surface area contributed by atoms with Gasteiger partial charge in [-0.05, 0) is 79.0 Å². The van der Waals surface area contributed by atoms with Crippen molar-refractivity contribution in [2.24, 2.45) is 7.05 Å². The molecule has 1 atom stereocenters. The minimum Gasteiger partial charge on any atom is -0.319 e. The molecule has 0 saturated carbocycles. The normalized spacial score (nSPS) is 12.7. The molecular weight excluding hydrogens is 452 g/mol. The van der Waals surface area contributed by atoms with Gasteiger partial charge in [-0.25, -0.2) is 9.97 Å². The Hall–Kier alpha value is -3.92. The summed E-state index contributed by atoms with van der Waals surface area (Å²) in [6.45, 7) is 13.4. The molecule has 6 aromatic rings. The van der Waals surface area contributed by atoms with Gasteiger partial charge < -0.3 is 4.57 Å². The summed E-state index contributed by atoms with van der Waals surface area (Å²) in [5.41, 5.74) is 14.4. The van der Waals surface area contributed by atoms with Crippen molar-refractivity contribution < 1.29 is 0 Å². The van der Waals surface area contributed by atoms with Gasteiger partial charge in [-0.15, -0.1) is 0 Å². The third-order valence-corrected chi connectivity index (χ3v) is 8.21. The molecule has 3 aromatic carbocycles. The molecule has 0 aliphatic rings. The Balaban J connectivity index is 1.89. The van der Waals surface area contributed by atoms with Crippen molar-refractivity contribution in [3.05, 3.63) is 88.9 Å². The van der Waals surface area contributed by atoms with Crippen LogP contribution in [0.1, 0.15) is 54.0 Å². The second-order valence-corrected chi connectivity index (χ2v) is 10.6. The van der Waals surface area contributed by atoms with Crippen LogP contribution in [0.4, 0.5) is 0 Å². The van der Waals surface area contributed by atoms with Gasteiger partial charge in [0, 0.05) is 23.4 Å². The van der Waals surface area contributed by atoms with Crippen molar-refractivity contribution in [1.29, 1.82) is 0 Å². The van der Waals surface area contributed by atoms with Gasteiger partial charge in [-0.1, -0.05) is 62.4 Å². The van der Waals surface area contributed by atoms with Crippen LogP contribution in [-0.4, -0.2) is 18.9 Å². The minimum absolute atomic E-state index is 0.403. The third kappa shape index (κ3) is 3.35. The Bertz CT molecular complexity index is 1790. The van der Waals surface area contributed by atoms with Crippen LogP contribution >= 0.6 is 0 Å². The standard InChI is InChI=1S/C33H34N4/c1-8-19(2)24-15-16-25(27-20(3)11-9-12-21(27)4)29-30(24)32-34-17-26(28-22(5)13-10-14-23(28)6)37(32)33-31(29)35-18-36(33)7/h9-19H,8H2,1-7H3. The van der Waals surface area contributed by atoms with Crippen molar-refractivity contribution in [3.63, 3.8) is 0 Å². The molecule has 0 aliphatic heterocycles. The van der Waals surface area contributed by atoms with Crippen molar-refractivity contribution >= 4 is 27.6 Å². The average Bonchev–Trinajstić information content (AvgIpc) is 3.47. The van der Waals surface area contributed by atoms with Crippen LogP contribution < -0.4 is 0 Å². The molecule has 0 spiro atoms. The summed E-state index contributed by atoms with van der Waals surface area (Å²) in [7, 11) is 2.09. The number of imidazole rings is 2. The highest BCUT2D eigenvalue weighted by molar-refractivity contribution is 6.18. The number of rotatable bonds is 4. The quantitative estimate of drug-likeness (QED) is 0.250. The lowest BCUT2D eigenvalue weighted by molar-refractivity contribution is 0.740. The maximum Gasteiger partial charge on any atom is 0.147 e. The van der Waals surface area contributed by atoms with Gasteiger partial charge in [0.2, 0.25) is 0 Å². The molecule has 3 heterocycles. The van der Waals surface area contributed by atoms with Crippen LogP contribution in [0.25, 0.3) is 50.0 Å². The van der Waals surface area contributed by atoms with Gasteiger partial charge in [-0.2, -0.15) is 0 Å². The summed E-state index contributed by atoms with van der Waals surface area (Å²) in [5.74, 6) is 0.403. The Morgan fingerprint density at radius 1 is 0.784 bits per heavy atom. The molecule has 0 radical (unpaired) electrons. The van der Waals surface area contributed by atoms with E-state index in [1.54, 1.807) is 0 Å². The van der Waals surface area contributed by atoms with Crippen LogP contribution in [0.5, 0.6) is 0 Å². The summed E-state index contributed by atoms with van der Waals surface area (Å²) in [6.07, 6.45) is 5.07. The topological polar surface area (TPSA) is 35.1 Å². The average molecular weight is 487 g/mol. The molecule has 0 fully saturated rings. The molecule has 4 heteroatoms. The summed E-state index contributed by atoms with van der Waals surface area (Å²) >= 11 is 0. The van der Waals surface area contributed by atoms with E-state index in [4.69, 9.17) is 9.97 Å². The molecule has 0 saturated heterocycles. The van der Waals surface area contributed by atoms with E-state index in [0.29, 0.717) is 5.92 Å². The number of benzene rings is 3. The van der Waals surface area contributed by atoms with Gasteiger partial charge in [-0.3, -0.25) is 4.40 Å². The highest BCUT2D eigenvalue weighted by atomic mass is 15.2. The summed E-state index contributed by atoms with van der Waals surface area (Å²) in [4.78, 5) is 10.2. The number of hydrogen-bond donors (Lipinski definition) is 0. The van der Waals surface area contributed by atoms with Crippen LogP contribution in [0, 0.1) is 27.7 Å². The van der Waals surface area contributed by atoms with Crippen LogP contribution in [0.15, 0.2) is 61.1 Å². The highest BCUT2D eigenvalue weighted by Crippen LogP contribution is 2.43. The summed E-state index contributed by atoms with van der Waals surface area (Å²) in [5, 5.41) is 2.43. The second-order valence-electron chi connectivity index (χ2n) is 10.6. The first kappa shape index (κ1) is 23.5. The van der Waals surface area contributed by atoms with E-state index in [0.717, 1.165) is 28.9 Å². The van der Waals surface area contributed by atoms with Crippen molar-refractivity contribution in [1.82, 2.24) is 18.9 Å². The fraction of sp³-hybridized carbons (Fsp3) is 0.273. The zero-order valence-corrected chi connectivity index (χ0v) is 22.8. The van der Waals surface area contributed by atoms with Crippen molar-refractivity contribution in [3.8, 4) is 22.4 Å². The lowest BCUT2D eigenvalue weighted by Gasteiger charge is -2.20. The highest BCUT2D eigenvalue weighted by Gasteiger charge is 2.25. The second kappa shape index (κ2) is 8.58. The molecule has 0 amide bonds. The van der Waals surface area contributed by atoms with E-state index in [1.807, 2.05) is 6.33 Å². The zero-order valence-electron chi connectivity index (χ0n) is 22.8. The van der Waals surface area contributed by atoms with E-state index in [2.05, 4.69) is 112 Å².